The highest BCUT2D eigenvalue weighted by molar-refractivity contribution is 5.85. The number of rotatable bonds is 5. The molecular formula is C20H22F2N6. The van der Waals surface area contributed by atoms with E-state index in [-0.39, 0.29) is 18.2 Å². The number of hydrogen-bond acceptors (Lipinski definition) is 5. The number of nitrogens with one attached hydrogen (secondary N) is 2. The van der Waals surface area contributed by atoms with E-state index in [9.17, 15) is 8.78 Å². The van der Waals surface area contributed by atoms with E-state index in [2.05, 4.69) is 25.5 Å². The Balaban J connectivity index is 1.28. The molecule has 3 aromatic rings. The number of anilines is 1. The normalized spacial score (nSPS) is 25.3. The average Bonchev–Trinajstić information content (AvgIpc) is 3.40. The Morgan fingerprint density at radius 3 is 2.86 bits per heavy atom. The molecule has 2 aromatic heterocycles. The maximum absolute atomic E-state index is 14.7. The van der Waals surface area contributed by atoms with Crippen LogP contribution in [0.4, 0.5) is 14.6 Å². The average molecular weight is 384 g/mol. The van der Waals surface area contributed by atoms with Crippen LogP contribution in [0.5, 0.6) is 0 Å². The van der Waals surface area contributed by atoms with Crippen LogP contribution in [0.15, 0.2) is 42.9 Å². The number of H-pyrrole nitrogens is 1. The Morgan fingerprint density at radius 2 is 2.00 bits per heavy atom. The van der Waals surface area contributed by atoms with Crippen LogP contribution in [0.1, 0.15) is 18.4 Å². The lowest BCUT2D eigenvalue weighted by molar-refractivity contribution is -0.0344. The number of fused-ring (bicyclic) bond motifs is 2. The number of aromatic amines is 1. The molecule has 2 fully saturated rings. The first-order valence-electron chi connectivity index (χ1n) is 9.66. The highest BCUT2D eigenvalue weighted by Gasteiger charge is 2.45. The highest BCUT2D eigenvalue weighted by atomic mass is 19.3. The molecule has 146 valence electrons. The minimum atomic E-state index is -2.83. The van der Waals surface area contributed by atoms with Gasteiger partial charge in [-0.15, -0.1) is 0 Å². The van der Waals surface area contributed by atoms with Crippen molar-refractivity contribution in [1.29, 1.82) is 0 Å². The third-order valence-corrected chi connectivity index (χ3v) is 6.12. The fourth-order valence-electron chi connectivity index (χ4n) is 4.78. The number of benzene rings is 1. The quantitative estimate of drug-likeness (QED) is 0.707. The van der Waals surface area contributed by atoms with Crippen molar-refractivity contribution < 1.29 is 8.78 Å². The van der Waals surface area contributed by atoms with Crippen LogP contribution in [0.3, 0.4) is 0 Å². The molecule has 5 rings (SSSR count). The van der Waals surface area contributed by atoms with Crippen LogP contribution >= 0.6 is 0 Å². The van der Waals surface area contributed by atoms with Gasteiger partial charge in [0.15, 0.2) is 5.65 Å². The predicted molar refractivity (Wildman–Crippen MR) is 102 cm³/mol. The zero-order chi connectivity index (χ0) is 19.1. The first-order chi connectivity index (χ1) is 13.6. The van der Waals surface area contributed by atoms with Crippen LogP contribution in [0.2, 0.25) is 0 Å². The molecular weight excluding hydrogens is 362 g/mol. The molecule has 0 spiro atoms. The summed E-state index contributed by atoms with van der Waals surface area (Å²) in [6.45, 7) is 1.19. The summed E-state index contributed by atoms with van der Waals surface area (Å²) in [6.07, 6.45) is 5.30. The smallest absolute Gasteiger partial charge is 0.285 e. The van der Waals surface area contributed by atoms with Gasteiger partial charge < -0.3 is 5.32 Å². The second-order valence-corrected chi connectivity index (χ2v) is 7.87. The summed E-state index contributed by atoms with van der Waals surface area (Å²) in [5, 5.41) is 11.3. The Hall–Kier alpha value is -2.61. The Bertz CT molecular complexity index is 959. The molecule has 1 aliphatic carbocycles. The lowest BCUT2D eigenvalue weighted by Crippen LogP contribution is -2.36. The van der Waals surface area contributed by atoms with Gasteiger partial charge in [-0.25, -0.2) is 9.97 Å². The van der Waals surface area contributed by atoms with E-state index in [1.165, 1.54) is 18.5 Å². The number of hydrogen-bond donors (Lipinski definition) is 2. The number of halogens is 2. The van der Waals surface area contributed by atoms with E-state index < -0.39 is 5.92 Å². The predicted octanol–water partition coefficient (Wildman–Crippen LogP) is 3.27. The number of alkyl halides is 2. The molecule has 1 aromatic carbocycles. The van der Waals surface area contributed by atoms with Crippen molar-refractivity contribution in [2.45, 2.75) is 24.8 Å². The van der Waals surface area contributed by atoms with E-state index >= 15 is 0 Å². The molecule has 0 radical (unpaired) electrons. The van der Waals surface area contributed by atoms with Gasteiger partial charge in [0.25, 0.3) is 5.92 Å². The standard InChI is InChI=1S/C20H22F2N6/c21-20(22,14-4-2-1-3-5-14)11-28-9-13-6-7-17(16(13)10-28)26-18-15-8-25-27-19(15)24-12-23-18/h1-5,8,12-13,16-17H,6-7,9-11H2,(H2,23,24,25,26,27)/t13-,16-,17+/m1/s1. The largest absolute Gasteiger partial charge is 0.366 e. The fraction of sp³-hybridized carbons (Fsp3) is 0.450. The second kappa shape index (κ2) is 6.77. The summed E-state index contributed by atoms with van der Waals surface area (Å²) in [4.78, 5) is 10.4. The van der Waals surface area contributed by atoms with Crippen LogP contribution in [-0.2, 0) is 5.92 Å². The molecule has 3 atom stereocenters. The Kier molecular flexibility index (Phi) is 4.23. The van der Waals surface area contributed by atoms with Gasteiger partial charge in [-0.3, -0.25) is 10.00 Å². The first-order valence-corrected chi connectivity index (χ1v) is 9.66. The van der Waals surface area contributed by atoms with Crippen LogP contribution < -0.4 is 5.32 Å². The van der Waals surface area contributed by atoms with Crippen molar-refractivity contribution in [3.8, 4) is 0 Å². The zero-order valence-electron chi connectivity index (χ0n) is 15.4. The van der Waals surface area contributed by atoms with Gasteiger partial charge in [-0.05, 0) is 24.7 Å². The lowest BCUT2D eigenvalue weighted by Gasteiger charge is -2.26. The van der Waals surface area contributed by atoms with Gasteiger partial charge in [0, 0.05) is 24.7 Å². The van der Waals surface area contributed by atoms with E-state index in [1.54, 1.807) is 24.4 Å². The van der Waals surface area contributed by atoms with Crippen molar-refractivity contribution >= 4 is 16.9 Å². The van der Waals surface area contributed by atoms with Crippen molar-refractivity contribution in [2.75, 3.05) is 25.0 Å². The molecule has 3 heterocycles. The van der Waals surface area contributed by atoms with Crippen LogP contribution in [-0.4, -0.2) is 50.7 Å². The summed E-state index contributed by atoms with van der Waals surface area (Å²) >= 11 is 0. The lowest BCUT2D eigenvalue weighted by atomic mass is 9.98. The van der Waals surface area contributed by atoms with E-state index in [0.29, 0.717) is 24.0 Å². The minimum Gasteiger partial charge on any atom is -0.366 e. The fourth-order valence-corrected chi connectivity index (χ4v) is 4.78. The van der Waals surface area contributed by atoms with Gasteiger partial charge in [-0.2, -0.15) is 13.9 Å². The Labute approximate surface area is 161 Å². The second-order valence-electron chi connectivity index (χ2n) is 7.87. The zero-order valence-corrected chi connectivity index (χ0v) is 15.4. The van der Waals surface area contributed by atoms with Gasteiger partial charge >= 0.3 is 0 Å². The maximum Gasteiger partial charge on any atom is 0.285 e. The third-order valence-electron chi connectivity index (χ3n) is 6.12. The van der Waals surface area contributed by atoms with Crippen molar-refractivity contribution in [1.82, 2.24) is 25.1 Å². The van der Waals surface area contributed by atoms with E-state index in [4.69, 9.17) is 0 Å². The van der Waals surface area contributed by atoms with E-state index in [1.807, 2.05) is 4.90 Å². The van der Waals surface area contributed by atoms with Crippen molar-refractivity contribution in [3.63, 3.8) is 0 Å². The summed E-state index contributed by atoms with van der Waals surface area (Å²) in [7, 11) is 0. The molecule has 1 saturated carbocycles. The molecule has 0 unspecified atom stereocenters. The number of aromatic nitrogens is 4. The van der Waals surface area contributed by atoms with Crippen LogP contribution in [0, 0.1) is 11.8 Å². The molecule has 1 aliphatic heterocycles. The van der Waals surface area contributed by atoms with Gasteiger partial charge in [0.2, 0.25) is 0 Å². The highest BCUT2D eigenvalue weighted by Crippen LogP contribution is 2.41. The first kappa shape index (κ1) is 17.5. The monoisotopic (exact) mass is 384 g/mol. The molecule has 28 heavy (non-hydrogen) atoms. The summed E-state index contributed by atoms with van der Waals surface area (Å²) < 4.78 is 29.4. The van der Waals surface area contributed by atoms with Crippen LogP contribution in [0.25, 0.3) is 11.0 Å². The van der Waals surface area contributed by atoms with Crippen molar-refractivity contribution in [3.05, 3.63) is 48.4 Å². The van der Waals surface area contributed by atoms with Crippen molar-refractivity contribution in [2.24, 2.45) is 11.8 Å². The minimum absolute atomic E-state index is 0.0880. The molecule has 2 aliphatic rings. The number of likely N-dealkylation sites (tertiary alicyclic amines) is 1. The maximum atomic E-state index is 14.7. The summed E-state index contributed by atoms with van der Waals surface area (Å²) in [6, 6.07) is 8.34. The molecule has 1 saturated heterocycles. The van der Waals surface area contributed by atoms with E-state index in [0.717, 1.165) is 30.6 Å². The molecule has 6 nitrogen and oxygen atoms in total. The topological polar surface area (TPSA) is 69.7 Å². The third kappa shape index (κ3) is 3.11. The van der Waals surface area contributed by atoms with Gasteiger partial charge in [-0.1, -0.05) is 30.3 Å². The molecule has 2 N–H and O–H groups in total. The molecule has 8 heteroatoms. The summed E-state index contributed by atoms with van der Waals surface area (Å²) in [5.41, 5.74) is 0.785. The van der Waals surface area contributed by atoms with Gasteiger partial charge in [0.05, 0.1) is 18.1 Å². The SMILES string of the molecule is FC(F)(CN1C[C@H]2CC[C@H](Nc3ncnc4[nH]ncc34)[C@@H]2C1)c1ccccc1. The number of nitrogens with zero attached hydrogens (tertiary/aromatic N) is 4. The molecule has 0 bridgehead atoms. The summed E-state index contributed by atoms with van der Waals surface area (Å²) in [5.74, 6) is -1.27. The molecule has 0 amide bonds. The van der Waals surface area contributed by atoms with Gasteiger partial charge in [0.1, 0.15) is 12.1 Å². The Morgan fingerprint density at radius 1 is 1.14 bits per heavy atom.